The van der Waals surface area contributed by atoms with Crippen molar-refractivity contribution in [2.45, 2.75) is 48.5 Å². The molecular formula is C19H27F3. The molecule has 0 saturated carbocycles. The summed E-state index contributed by atoms with van der Waals surface area (Å²) in [5.74, 6) is -2.89. The lowest BCUT2D eigenvalue weighted by molar-refractivity contribution is 0.492. The largest absolute Gasteiger partial charge is 0.207 e. The molecule has 0 N–H and O–H groups in total. The summed E-state index contributed by atoms with van der Waals surface area (Å²) < 4.78 is 36.7. The van der Waals surface area contributed by atoms with Gasteiger partial charge in [-0.15, -0.1) is 0 Å². The lowest BCUT2D eigenvalue weighted by Crippen LogP contribution is -1.89. The molecule has 0 fully saturated rings. The van der Waals surface area contributed by atoms with E-state index in [0.717, 1.165) is 6.07 Å². The Balaban J connectivity index is 0. The second-order valence-electron chi connectivity index (χ2n) is 4.10. The van der Waals surface area contributed by atoms with Crippen molar-refractivity contribution in [3.05, 3.63) is 70.5 Å². The van der Waals surface area contributed by atoms with E-state index < -0.39 is 17.5 Å². The van der Waals surface area contributed by atoms with Crippen LogP contribution in [-0.2, 0) is 0 Å². The predicted octanol–water partition coefficient (Wildman–Crippen LogP) is 6.77. The molecule has 124 valence electrons. The molecule has 0 nitrogen and oxygen atoms in total. The van der Waals surface area contributed by atoms with Crippen LogP contribution in [0.4, 0.5) is 13.2 Å². The zero-order valence-electron chi connectivity index (χ0n) is 14.6. The van der Waals surface area contributed by atoms with Crippen LogP contribution in [0, 0.1) is 38.2 Å². The van der Waals surface area contributed by atoms with Crippen molar-refractivity contribution in [1.29, 1.82) is 0 Å². The summed E-state index contributed by atoms with van der Waals surface area (Å²) in [4.78, 5) is 0. The Labute approximate surface area is 133 Å². The number of halogens is 3. The number of aryl methyl sites for hydroxylation is 3. The van der Waals surface area contributed by atoms with Crippen LogP contribution in [0.3, 0.4) is 0 Å². The highest BCUT2D eigenvalue weighted by atomic mass is 19.2. The smallest absolute Gasteiger partial charge is 0.161 e. The van der Waals surface area contributed by atoms with Gasteiger partial charge >= 0.3 is 0 Å². The van der Waals surface area contributed by atoms with Crippen molar-refractivity contribution < 1.29 is 13.2 Å². The molecule has 0 aromatic heterocycles. The quantitative estimate of drug-likeness (QED) is 0.471. The first kappa shape index (κ1) is 22.5. The van der Waals surface area contributed by atoms with Crippen molar-refractivity contribution in [3.8, 4) is 0 Å². The third-order valence-electron chi connectivity index (χ3n) is 2.63. The van der Waals surface area contributed by atoms with Crippen molar-refractivity contribution in [1.82, 2.24) is 0 Å². The average molecular weight is 312 g/mol. The van der Waals surface area contributed by atoms with Gasteiger partial charge in [-0.05, 0) is 43.5 Å². The third kappa shape index (κ3) is 8.50. The minimum Gasteiger partial charge on any atom is -0.207 e. The van der Waals surface area contributed by atoms with Crippen LogP contribution in [0.2, 0.25) is 0 Å². The van der Waals surface area contributed by atoms with Crippen LogP contribution in [-0.4, -0.2) is 0 Å². The summed E-state index contributed by atoms with van der Waals surface area (Å²) in [6.45, 7) is 13.6. The number of benzene rings is 2. The van der Waals surface area contributed by atoms with E-state index in [-0.39, 0.29) is 5.56 Å². The van der Waals surface area contributed by atoms with E-state index in [1.807, 2.05) is 27.7 Å². The van der Waals surface area contributed by atoms with Gasteiger partial charge in [0.25, 0.3) is 0 Å². The normalized spacial score (nSPS) is 8.45. The number of hydrogen-bond acceptors (Lipinski definition) is 0. The zero-order valence-corrected chi connectivity index (χ0v) is 14.6. The average Bonchev–Trinajstić information content (AvgIpc) is 2.53. The summed E-state index contributed by atoms with van der Waals surface area (Å²) in [5, 5.41) is 0. The van der Waals surface area contributed by atoms with Gasteiger partial charge in [-0.2, -0.15) is 0 Å². The molecule has 2 aromatic carbocycles. The summed E-state index contributed by atoms with van der Waals surface area (Å²) in [5.41, 5.74) is 2.85. The fourth-order valence-electron chi connectivity index (χ4n) is 1.28. The van der Waals surface area contributed by atoms with Crippen LogP contribution in [0.5, 0.6) is 0 Å². The van der Waals surface area contributed by atoms with Crippen molar-refractivity contribution in [3.63, 3.8) is 0 Å². The highest BCUT2D eigenvalue weighted by Gasteiger charge is 2.04. The Morgan fingerprint density at radius 1 is 0.545 bits per heavy atom. The molecule has 0 aliphatic rings. The van der Waals surface area contributed by atoms with E-state index in [4.69, 9.17) is 0 Å². The third-order valence-corrected chi connectivity index (χ3v) is 2.63. The molecule has 0 radical (unpaired) electrons. The van der Waals surface area contributed by atoms with Crippen LogP contribution < -0.4 is 0 Å². The molecule has 0 saturated heterocycles. The number of rotatable bonds is 0. The molecule has 0 amide bonds. The van der Waals surface area contributed by atoms with Crippen LogP contribution >= 0.6 is 0 Å². The van der Waals surface area contributed by atoms with Crippen LogP contribution in [0.15, 0.2) is 36.4 Å². The Morgan fingerprint density at radius 3 is 1.23 bits per heavy atom. The predicted molar refractivity (Wildman–Crippen MR) is 89.7 cm³/mol. The fourth-order valence-corrected chi connectivity index (χ4v) is 1.28. The summed E-state index contributed by atoms with van der Waals surface area (Å²) in [6, 6.07) is 9.71. The second kappa shape index (κ2) is 12.9. The number of hydrogen-bond donors (Lipinski definition) is 0. The first-order valence-corrected chi connectivity index (χ1v) is 7.55. The maximum absolute atomic E-state index is 12.4. The molecule has 2 aromatic rings. The zero-order chi connectivity index (χ0) is 17.7. The summed E-state index contributed by atoms with van der Waals surface area (Å²) >= 11 is 0. The molecule has 0 unspecified atom stereocenters. The molecule has 0 aliphatic heterocycles. The maximum atomic E-state index is 12.4. The molecule has 2 rings (SSSR count). The minimum absolute atomic E-state index is 0.110. The molecule has 0 heterocycles. The molecule has 22 heavy (non-hydrogen) atoms. The van der Waals surface area contributed by atoms with Gasteiger partial charge in [-0.3, -0.25) is 0 Å². The lowest BCUT2D eigenvalue weighted by atomic mass is 10.1. The molecule has 0 atom stereocenters. The Bertz CT molecular complexity index is 463. The van der Waals surface area contributed by atoms with E-state index in [9.17, 15) is 13.2 Å². The minimum atomic E-state index is -1.15. The topological polar surface area (TPSA) is 0 Å². The van der Waals surface area contributed by atoms with E-state index in [2.05, 4.69) is 38.1 Å². The van der Waals surface area contributed by atoms with Gasteiger partial charge in [0.2, 0.25) is 0 Å². The van der Waals surface area contributed by atoms with Crippen molar-refractivity contribution >= 4 is 0 Å². The van der Waals surface area contributed by atoms with E-state index in [0.29, 0.717) is 6.07 Å². The Kier molecular flexibility index (Phi) is 13.2. The first-order valence-electron chi connectivity index (χ1n) is 7.55. The van der Waals surface area contributed by atoms with E-state index in [1.54, 1.807) is 0 Å². The summed E-state index contributed by atoms with van der Waals surface area (Å²) in [7, 11) is 0. The SMILES string of the molecule is CC.CC.Cc1cc(F)c(F)cc1F.Cc1ccccc1C. The van der Waals surface area contributed by atoms with Crippen molar-refractivity contribution in [2.24, 2.45) is 0 Å². The fraction of sp³-hybridized carbons (Fsp3) is 0.368. The highest BCUT2D eigenvalue weighted by molar-refractivity contribution is 5.23. The molecule has 3 heteroatoms. The van der Waals surface area contributed by atoms with E-state index >= 15 is 0 Å². The molecule has 0 aliphatic carbocycles. The standard InChI is InChI=1S/C8H10.C7H5F3.2C2H6/c1-7-5-3-4-6-8(7)2;1-4-2-6(9)7(10)3-5(4)8;2*1-2/h3-6H,1-2H3;2-3H,1H3;2*1-2H3. The highest BCUT2D eigenvalue weighted by Crippen LogP contribution is 2.11. The van der Waals surface area contributed by atoms with Gasteiger partial charge in [0.1, 0.15) is 5.82 Å². The molecule has 0 bridgehead atoms. The maximum Gasteiger partial charge on any atom is 0.161 e. The van der Waals surface area contributed by atoms with Gasteiger partial charge in [-0.1, -0.05) is 52.0 Å². The van der Waals surface area contributed by atoms with Gasteiger partial charge in [0, 0.05) is 6.07 Å². The Hall–Kier alpha value is -1.77. The van der Waals surface area contributed by atoms with Gasteiger partial charge < -0.3 is 0 Å². The van der Waals surface area contributed by atoms with E-state index in [1.165, 1.54) is 18.1 Å². The Morgan fingerprint density at radius 2 is 0.909 bits per heavy atom. The van der Waals surface area contributed by atoms with Gasteiger partial charge in [0.05, 0.1) is 0 Å². The molecular weight excluding hydrogens is 285 g/mol. The first-order chi connectivity index (χ1) is 10.4. The lowest BCUT2D eigenvalue weighted by Gasteiger charge is -1.95. The van der Waals surface area contributed by atoms with Gasteiger partial charge in [0.15, 0.2) is 11.6 Å². The van der Waals surface area contributed by atoms with Gasteiger partial charge in [-0.25, -0.2) is 13.2 Å². The summed E-state index contributed by atoms with van der Waals surface area (Å²) in [6.07, 6.45) is 0. The van der Waals surface area contributed by atoms with Crippen molar-refractivity contribution in [2.75, 3.05) is 0 Å². The second-order valence-corrected chi connectivity index (χ2v) is 4.10. The van der Waals surface area contributed by atoms with Crippen LogP contribution in [0.1, 0.15) is 44.4 Å². The monoisotopic (exact) mass is 312 g/mol. The van der Waals surface area contributed by atoms with Crippen LogP contribution in [0.25, 0.3) is 0 Å². The molecule has 0 spiro atoms.